The lowest BCUT2D eigenvalue weighted by Crippen LogP contribution is -1.91. The fourth-order valence-electron chi connectivity index (χ4n) is 0.752. The Hall–Kier alpha value is -0.540. The summed E-state index contributed by atoms with van der Waals surface area (Å²) in [4.78, 5) is 0. The van der Waals surface area contributed by atoms with E-state index in [-0.39, 0.29) is 11.8 Å². The standard InChI is InChI=1S/C6H8ClNO2/c1-4-5(2-3-9)6(7)10-8-4/h9H,2-3H2,1H3. The number of aliphatic hydroxyl groups excluding tert-OH is 1. The molecule has 0 saturated carbocycles. The summed E-state index contributed by atoms with van der Waals surface area (Å²) in [7, 11) is 0. The van der Waals surface area contributed by atoms with Crippen LogP contribution >= 0.6 is 11.6 Å². The van der Waals surface area contributed by atoms with Crippen LogP contribution in [0.2, 0.25) is 5.22 Å². The molecule has 4 heteroatoms. The van der Waals surface area contributed by atoms with Gasteiger partial charge in [-0.25, -0.2) is 0 Å². The molecule has 0 bridgehead atoms. The molecule has 0 radical (unpaired) electrons. The zero-order valence-corrected chi connectivity index (χ0v) is 6.35. The first kappa shape index (κ1) is 7.57. The minimum atomic E-state index is 0.0712. The van der Waals surface area contributed by atoms with Gasteiger partial charge >= 0.3 is 0 Å². The second kappa shape index (κ2) is 3.03. The Bertz CT molecular complexity index is 202. The summed E-state index contributed by atoms with van der Waals surface area (Å²) in [6.07, 6.45) is 0.508. The van der Waals surface area contributed by atoms with Crippen molar-refractivity contribution in [1.29, 1.82) is 0 Å². The minimum absolute atomic E-state index is 0.0712. The lowest BCUT2D eigenvalue weighted by Gasteiger charge is -1.90. The Morgan fingerprint density at radius 1 is 1.70 bits per heavy atom. The predicted octanol–water partition coefficient (Wildman–Crippen LogP) is 1.17. The van der Waals surface area contributed by atoms with Gasteiger partial charge < -0.3 is 9.63 Å². The van der Waals surface area contributed by atoms with Gasteiger partial charge in [0.1, 0.15) is 0 Å². The number of halogens is 1. The molecule has 0 amide bonds. The van der Waals surface area contributed by atoms with Gasteiger partial charge in [-0.1, -0.05) is 5.16 Å². The molecule has 1 aromatic heterocycles. The lowest BCUT2D eigenvalue weighted by molar-refractivity contribution is 0.299. The third-order valence-corrected chi connectivity index (χ3v) is 1.60. The summed E-state index contributed by atoms with van der Waals surface area (Å²) in [5.74, 6) is 0. The average molecular weight is 162 g/mol. The van der Waals surface area contributed by atoms with E-state index in [1.54, 1.807) is 6.92 Å². The highest BCUT2D eigenvalue weighted by molar-refractivity contribution is 6.29. The quantitative estimate of drug-likeness (QED) is 0.709. The van der Waals surface area contributed by atoms with Crippen molar-refractivity contribution in [3.8, 4) is 0 Å². The Labute approximate surface area is 63.6 Å². The van der Waals surface area contributed by atoms with Crippen LogP contribution in [0.25, 0.3) is 0 Å². The van der Waals surface area contributed by atoms with E-state index in [9.17, 15) is 0 Å². The van der Waals surface area contributed by atoms with Crippen molar-refractivity contribution in [2.75, 3.05) is 6.61 Å². The number of hydrogen-bond donors (Lipinski definition) is 1. The lowest BCUT2D eigenvalue weighted by atomic mass is 10.2. The molecule has 3 nitrogen and oxygen atoms in total. The molecule has 0 atom stereocenters. The predicted molar refractivity (Wildman–Crippen MR) is 37.0 cm³/mol. The van der Waals surface area contributed by atoms with Gasteiger partial charge in [0.25, 0.3) is 0 Å². The smallest absolute Gasteiger partial charge is 0.229 e. The minimum Gasteiger partial charge on any atom is -0.396 e. The van der Waals surface area contributed by atoms with E-state index < -0.39 is 0 Å². The molecule has 0 fully saturated rings. The number of aryl methyl sites for hydroxylation is 1. The number of aliphatic hydroxyl groups is 1. The van der Waals surface area contributed by atoms with Crippen LogP contribution in [0.3, 0.4) is 0 Å². The first-order chi connectivity index (χ1) is 4.75. The number of aromatic nitrogens is 1. The zero-order valence-electron chi connectivity index (χ0n) is 5.59. The van der Waals surface area contributed by atoms with Gasteiger partial charge in [-0.3, -0.25) is 0 Å². The van der Waals surface area contributed by atoms with Crippen LogP contribution in [0.4, 0.5) is 0 Å². The van der Waals surface area contributed by atoms with E-state index >= 15 is 0 Å². The van der Waals surface area contributed by atoms with E-state index in [0.717, 1.165) is 11.3 Å². The number of rotatable bonds is 2. The maximum Gasteiger partial charge on any atom is 0.229 e. The topological polar surface area (TPSA) is 46.3 Å². The number of hydrogen-bond acceptors (Lipinski definition) is 3. The Kier molecular flexibility index (Phi) is 2.29. The van der Waals surface area contributed by atoms with Gasteiger partial charge in [0.15, 0.2) is 0 Å². The maximum absolute atomic E-state index is 8.56. The molecule has 10 heavy (non-hydrogen) atoms. The zero-order chi connectivity index (χ0) is 7.56. The Balaban J connectivity index is 2.87. The maximum atomic E-state index is 8.56. The van der Waals surface area contributed by atoms with Crippen LogP contribution in [-0.4, -0.2) is 16.9 Å². The van der Waals surface area contributed by atoms with Crippen LogP contribution in [-0.2, 0) is 6.42 Å². The summed E-state index contributed by atoms with van der Waals surface area (Å²) in [5.41, 5.74) is 1.54. The van der Waals surface area contributed by atoms with Crippen LogP contribution in [0.1, 0.15) is 11.3 Å². The molecular formula is C6H8ClNO2. The summed E-state index contributed by atoms with van der Waals surface area (Å²) in [5, 5.41) is 12.5. The molecule has 0 saturated heterocycles. The van der Waals surface area contributed by atoms with Crippen LogP contribution < -0.4 is 0 Å². The molecule has 1 heterocycles. The Morgan fingerprint density at radius 2 is 2.40 bits per heavy atom. The van der Waals surface area contributed by atoms with E-state index in [1.165, 1.54) is 0 Å². The van der Waals surface area contributed by atoms with Gasteiger partial charge in [-0.2, -0.15) is 0 Å². The van der Waals surface area contributed by atoms with E-state index in [1.807, 2.05) is 0 Å². The van der Waals surface area contributed by atoms with Crippen molar-refractivity contribution >= 4 is 11.6 Å². The van der Waals surface area contributed by atoms with Crippen molar-refractivity contribution < 1.29 is 9.63 Å². The molecule has 0 aliphatic carbocycles. The average Bonchev–Trinajstić information content (AvgIpc) is 2.20. The summed E-state index contributed by atoms with van der Waals surface area (Å²) in [6.45, 7) is 1.86. The van der Waals surface area contributed by atoms with Crippen molar-refractivity contribution in [2.24, 2.45) is 0 Å². The third-order valence-electron chi connectivity index (χ3n) is 1.30. The molecule has 1 rings (SSSR count). The highest BCUT2D eigenvalue weighted by Gasteiger charge is 2.08. The summed E-state index contributed by atoms with van der Waals surface area (Å²) in [6, 6.07) is 0. The van der Waals surface area contributed by atoms with Crippen molar-refractivity contribution in [1.82, 2.24) is 5.16 Å². The van der Waals surface area contributed by atoms with Gasteiger partial charge in [0.05, 0.1) is 5.69 Å². The van der Waals surface area contributed by atoms with Gasteiger partial charge in [0.2, 0.25) is 5.22 Å². The van der Waals surface area contributed by atoms with Gasteiger partial charge in [-0.05, 0) is 18.5 Å². The highest BCUT2D eigenvalue weighted by atomic mass is 35.5. The molecule has 0 aliphatic rings. The molecular weight excluding hydrogens is 154 g/mol. The summed E-state index contributed by atoms with van der Waals surface area (Å²) >= 11 is 5.58. The van der Waals surface area contributed by atoms with Crippen molar-refractivity contribution in [3.63, 3.8) is 0 Å². The molecule has 0 aliphatic heterocycles. The molecule has 0 unspecified atom stereocenters. The van der Waals surface area contributed by atoms with Crippen LogP contribution in [0.15, 0.2) is 4.52 Å². The molecule has 1 aromatic rings. The first-order valence-electron chi connectivity index (χ1n) is 2.97. The second-order valence-electron chi connectivity index (χ2n) is 1.99. The van der Waals surface area contributed by atoms with Crippen molar-refractivity contribution in [2.45, 2.75) is 13.3 Å². The van der Waals surface area contributed by atoms with Gasteiger partial charge in [-0.15, -0.1) is 0 Å². The highest BCUT2D eigenvalue weighted by Crippen LogP contribution is 2.18. The number of nitrogens with zero attached hydrogens (tertiary/aromatic N) is 1. The van der Waals surface area contributed by atoms with Crippen molar-refractivity contribution in [3.05, 3.63) is 16.5 Å². The van der Waals surface area contributed by atoms with E-state index in [2.05, 4.69) is 9.68 Å². The summed E-state index contributed by atoms with van der Waals surface area (Å²) < 4.78 is 4.65. The Morgan fingerprint density at radius 3 is 2.80 bits per heavy atom. The third kappa shape index (κ3) is 1.30. The second-order valence-corrected chi connectivity index (χ2v) is 2.34. The van der Waals surface area contributed by atoms with Crippen LogP contribution in [0.5, 0.6) is 0 Å². The molecule has 0 spiro atoms. The monoisotopic (exact) mass is 161 g/mol. The van der Waals surface area contributed by atoms with Crippen LogP contribution in [0, 0.1) is 6.92 Å². The van der Waals surface area contributed by atoms with E-state index in [0.29, 0.717) is 6.42 Å². The fraction of sp³-hybridized carbons (Fsp3) is 0.500. The molecule has 0 aromatic carbocycles. The first-order valence-corrected chi connectivity index (χ1v) is 3.35. The van der Waals surface area contributed by atoms with E-state index in [4.69, 9.17) is 16.7 Å². The fourth-order valence-corrected chi connectivity index (χ4v) is 1.02. The normalized spacial score (nSPS) is 10.3. The SMILES string of the molecule is Cc1noc(Cl)c1CCO. The molecule has 1 N–H and O–H groups in total. The molecule has 56 valence electrons. The largest absolute Gasteiger partial charge is 0.396 e. The van der Waals surface area contributed by atoms with Gasteiger partial charge in [0, 0.05) is 18.6 Å².